The number of para-hydroxylation sites is 1. The van der Waals surface area contributed by atoms with E-state index in [-0.39, 0.29) is 0 Å². The van der Waals surface area contributed by atoms with E-state index in [9.17, 15) is 0 Å². The van der Waals surface area contributed by atoms with Gasteiger partial charge in [0.25, 0.3) is 0 Å². The molecule has 3 aromatic rings. The maximum atomic E-state index is 7.15. The first-order chi connectivity index (χ1) is 8.72. The van der Waals surface area contributed by atoms with E-state index in [1.807, 2.05) is 12.1 Å². The van der Waals surface area contributed by atoms with Gasteiger partial charge in [0.2, 0.25) is 0 Å². The number of hydrogen-bond donors (Lipinski definition) is 0. The van der Waals surface area contributed by atoms with Crippen LogP contribution in [0.5, 0.6) is 0 Å². The van der Waals surface area contributed by atoms with Gasteiger partial charge in [0.1, 0.15) is 0 Å². The lowest BCUT2D eigenvalue weighted by Gasteiger charge is -2.11. The zero-order chi connectivity index (χ0) is 12.7. The van der Waals surface area contributed by atoms with Gasteiger partial charge in [0.05, 0.1) is 6.57 Å². The van der Waals surface area contributed by atoms with E-state index in [1.54, 1.807) is 0 Å². The molecule has 88 valence electrons. The van der Waals surface area contributed by atoms with E-state index in [0.717, 1.165) is 5.52 Å². The molecule has 0 aliphatic rings. The van der Waals surface area contributed by atoms with Crippen LogP contribution in [0.2, 0.25) is 0 Å². The second-order valence-electron chi connectivity index (χ2n) is 4.79. The van der Waals surface area contributed by atoms with Crippen LogP contribution in [0.1, 0.15) is 19.9 Å². The van der Waals surface area contributed by atoms with Gasteiger partial charge in [0, 0.05) is 27.8 Å². The number of fused-ring (bicyclic) bond motifs is 3. The normalized spacial score (nSPS) is 11.2. The number of rotatable bonds is 1. The molecular formula is C16H14N2. The molecule has 18 heavy (non-hydrogen) atoms. The molecule has 0 spiro atoms. The highest BCUT2D eigenvalue weighted by Crippen LogP contribution is 2.33. The lowest BCUT2D eigenvalue weighted by Crippen LogP contribution is -1.99. The molecule has 0 aliphatic heterocycles. The molecule has 0 saturated heterocycles. The summed E-state index contributed by atoms with van der Waals surface area (Å²) in [6, 6.07) is 14.7. The first kappa shape index (κ1) is 10.9. The molecule has 0 atom stereocenters. The van der Waals surface area contributed by atoms with Gasteiger partial charge in [-0.15, -0.1) is 0 Å². The minimum absolute atomic E-state index is 0.383. The Hall–Kier alpha value is -2.27. The van der Waals surface area contributed by atoms with E-state index in [4.69, 9.17) is 6.57 Å². The molecule has 1 aromatic heterocycles. The first-order valence-corrected chi connectivity index (χ1v) is 6.12. The third kappa shape index (κ3) is 1.41. The van der Waals surface area contributed by atoms with Crippen molar-refractivity contribution < 1.29 is 0 Å². The molecule has 0 saturated carbocycles. The van der Waals surface area contributed by atoms with E-state index >= 15 is 0 Å². The van der Waals surface area contributed by atoms with E-state index < -0.39 is 0 Å². The zero-order valence-electron chi connectivity index (χ0n) is 10.5. The number of hydrogen-bond acceptors (Lipinski definition) is 0. The van der Waals surface area contributed by atoms with Crippen molar-refractivity contribution in [1.82, 2.24) is 4.57 Å². The maximum Gasteiger partial charge on any atom is 0.189 e. The third-order valence-electron chi connectivity index (χ3n) is 3.34. The lowest BCUT2D eigenvalue weighted by molar-refractivity contribution is 0.642. The van der Waals surface area contributed by atoms with E-state index in [2.05, 4.69) is 53.6 Å². The second kappa shape index (κ2) is 3.89. The van der Waals surface area contributed by atoms with Crippen LogP contribution in [0, 0.1) is 6.57 Å². The Labute approximate surface area is 106 Å². The van der Waals surface area contributed by atoms with Crippen LogP contribution < -0.4 is 0 Å². The number of aromatic nitrogens is 1. The van der Waals surface area contributed by atoms with Crippen molar-refractivity contribution >= 4 is 27.5 Å². The van der Waals surface area contributed by atoms with Crippen LogP contribution >= 0.6 is 0 Å². The first-order valence-electron chi connectivity index (χ1n) is 6.12. The fourth-order valence-corrected chi connectivity index (χ4v) is 2.61. The molecule has 3 rings (SSSR count). The average Bonchev–Trinajstić information content (AvgIpc) is 2.72. The number of nitrogens with zero attached hydrogens (tertiary/aromatic N) is 2. The molecular weight excluding hydrogens is 220 g/mol. The van der Waals surface area contributed by atoms with Crippen molar-refractivity contribution in [3.63, 3.8) is 0 Å². The monoisotopic (exact) mass is 234 g/mol. The molecule has 2 heteroatoms. The standard InChI is InChI=1S/C16H14N2/c1-11(2)18-15-7-5-4-6-13(15)14-9-8-12(17-3)10-16(14)18/h4-11H,1-2H3. The summed E-state index contributed by atoms with van der Waals surface area (Å²) < 4.78 is 2.30. The summed E-state index contributed by atoms with van der Waals surface area (Å²) >= 11 is 0. The Morgan fingerprint density at radius 1 is 1.00 bits per heavy atom. The quantitative estimate of drug-likeness (QED) is 0.528. The van der Waals surface area contributed by atoms with Crippen molar-refractivity contribution in [2.75, 3.05) is 0 Å². The summed E-state index contributed by atoms with van der Waals surface area (Å²) in [5, 5.41) is 2.49. The third-order valence-corrected chi connectivity index (χ3v) is 3.34. The van der Waals surface area contributed by atoms with Crippen LogP contribution in [-0.2, 0) is 0 Å². The second-order valence-corrected chi connectivity index (χ2v) is 4.79. The van der Waals surface area contributed by atoms with Crippen LogP contribution in [0.4, 0.5) is 5.69 Å². The minimum atomic E-state index is 0.383. The summed E-state index contributed by atoms with van der Waals surface area (Å²) in [4.78, 5) is 3.53. The van der Waals surface area contributed by atoms with Crippen LogP contribution in [-0.4, -0.2) is 4.57 Å². The summed E-state index contributed by atoms with van der Waals surface area (Å²) in [5.74, 6) is 0. The SMILES string of the molecule is [C-]#[N+]c1ccc2c3ccccc3n(C(C)C)c2c1. The Balaban J connectivity index is 2.55. The highest BCUT2D eigenvalue weighted by atomic mass is 15.0. The molecule has 2 aromatic carbocycles. The fraction of sp³-hybridized carbons (Fsp3) is 0.188. The smallest absolute Gasteiger partial charge is 0.189 e. The number of benzene rings is 2. The summed E-state index contributed by atoms with van der Waals surface area (Å²) in [5.41, 5.74) is 3.09. The summed E-state index contributed by atoms with van der Waals surface area (Å²) in [6.45, 7) is 11.5. The van der Waals surface area contributed by atoms with Crippen LogP contribution in [0.3, 0.4) is 0 Å². The molecule has 0 fully saturated rings. The van der Waals surface area contributed by atoms with Crippen molar-refractivity contribution in [1.29, 1.82) is 0 Å². The summed E-state index contributed by atoms with van der Waals surface area (Å²) in [7, 11) is 0. The Bertz CT molecular complexity index is 773. The topological polar surface area (TPSA) is 9.29 Å². The fourth-order valence-electron chi connectivity index (χ4n) is 2.61. The molecule has 0 radical (unpaired) electrons. The summed E-state index contributed by atoms with van der Waals surface area (Å²) in [6.07, 6.45) is 0. The molecule has 0 amide bonds. The van der Waals surface area contributed by atoms with Gasteiger partial charge in [-0.25, -0.2) is 4.85 Å². The predicted molar refractivity (Wildman–Crippen MR) is 76.1 cm³/mol. The van der Waals surface area contributed by atoms with Crippen molar-refractivity contribution in [2.45, 2.75) is 19.9 Å². The largest absolute Gasteiger partial charge is 0.339 e. The van der Waals surface area contributed by atoms with Gasteiger partial charge in [-0.05, 0) is 26.0 Å². The molecule has 2 nitrogen and oxygen atoms in total. The van der Waals surface area contributed by atoms with Crippen molar-refractivity contribution in [3.05, 3.63) is 53.9 Å². The lowest BCUT2D eigenvalue weighted by atomic mass is 10.1. The minimum Gasteiger partial charge on any atom is -0.339 e. The van der Waals surface area contributed by atoms with E-state index in [0.29, 0.717) is 11.7 Å². The Morgan fingerprint density at radius 2 is 1.72 bits per heavy atom. The van der Waals surface area contributed by atoms with Crippen LogP contribution in [0.25, 0.3) is 26.7 Å². The maximum absolute atomic E-state index is 7.15. The molecule has 1 heterocycles. The average molecular weight is 234 g/mol. The van der Waals surface area contributed by atoms with Crippen LogP contribution in [0.15, 0.2) is 42.5 Å². The Kier molecular flexibility index (Phi) is 2.34. The van der Waals surface area contributed by atoms with Gasteiger partial charge in [-0.3, -0.25) is 0 Å². The molecule has 0 N–H and O–H groups in total. The predicted octanol–water partition coefficient (Wildman–Crippen LogP) is 4.93. The van der Waals surface area contributed by atoms with Crippen molar-refractivity contribution in [2.24, 2.45) is 0 Å². The molecule has 0 aliphatic carbocycles. The highest BCUT2D eigenvalue weighted by molar-refractivity contribution is 6.08. The van der Waals surface area contributed by atoms with Gasteiger partial charge >= 0.3 is 0 Å². The van der Waals surface area contributed by atoms with Crippen molar-refractivity contribution in [3.8, 4) is 0 Å². The van der Waals surface area contributed by atoms with Gasteiger partial charge in [-0.1, -0.05) is 30.3 Å². The van der Waals surface area contributed by atoms with Gasteiger partial charge in [-0.2, -0.15) is 0 Å². The molecule has 0 bridgehead atoms. The Morgan fingerprint density at radius 3 is 2.44 bits per heavy atom. The molecule has 0 unspecified atom stereocenters. The highest BCUT2D eigenvalue weighted by Gasteiger charge is 2.12. The van der Waals surface area contributed by atoms with Gasteiger partial charge in [0.15, 0.2) is 5.69 Å². The van der Waals surface area contributed by atoms with Gasteiger partial charge < -0.3 is 4.57 Å². The van der Waals surface area contributed by atoms with E-state index in [1.165, 1.54) is 16.3 Å². The zero-order valence-corrected chi connectivity index (χ0v) is 10.5.